The number of carbonyl (C=O) groups is 1. The lowest BCUT2D eigenvalue weighted by molar-refractivity contribution is -0.134. The van der Waals surface area contributed by atoms with Crippen molar-refractivity contribution in [2.75, 3.05) is 18.1 Å². The van der Waals surface area contributed by atoms with Crippen molar-refractivity contribution in [2.24, 2.45) is 0 Å². The number of ether oxygens (including phenoxy) is 3. The summed E-state index contributed by atoms with van der Waals surface area (Å²) in [5, 5.41) is 0. The molecule has 0 bridgehead atoms. The van der Waals surface area contributed by atoms with Crippen molar-refractivity contribution in [2.45, 2.75) is 0 Å². The largest absolute Gasteiger partial charge is 0.466 e. The summed E-state index contributed by atoms with van der Waals surface area (Å²) in [5.74, 6) is -2.57. The molecular weight excluding hydrogens is 384 g/mol. The smallest absolute Gasteiger partial charge is 0.333 e. The lowest BCUT2D eigenvalue weighted by Crippen LogP contribution is -2.10. The van der Waals surface area contributed by atoms with Gasteiger partial charge >= 0.3 is 5.97 Å². The van der Waals surface area contributed by atoms with Crippen LogP contribution in [0.15, 0.2) is 48.7 Å². The lowest BCUT2D eigenvalue weighted by Gasteiger charge is -2.14. The first-order valence-electron chi connectivity index (χ1n) is 7.34. The van der Waals surface area contributed by atoms with Crippen LogP contribution in [-0.4, -0.2) is 27.8 Å². The Bertz CT molecular complexity index is 975. The number of carbonyl (C=O) groups excluding carboxylic acids is 1. The molecule has 0 aliphatic carbocycles. The summed E-state index contributed by atoms with van der Waals surface area (Å²) in [4.78, 5) is 11.0. The molecule has 0 radical (unpaired) electrons. The van der Waals surface area contributed by atoms with Gasteiger partial charge in [-0.05, 0) is 24.3 Å². The first-order chi connectivity index (χ1) is 12.7. The van der Waals surface area contributed by atoms with Crippen LogP contribution in [-0.2, 0) is 19.6 Å². The van der Waals surface area contributed by atoms with Gasteiger partial charge in [0, 0.05) is 12.1 Å². The number of methoxy groups -OCH3 is 1. The highest BCUT2D eigenvalue weighted by Gasteiger charge is 2.14. The molecule has 1 N–H and O–H groups in total. The monoisotopic (exact) mass is 399 g/mol. The van der Waals surface area contributed by atoms with E-state index in [9.17, 15) is 22.0 Å². The third kappa shape index (κ3) is 6.26. The van der Waals surface area contributed by atoms with E-state index >= 15 is 0 Å². The quantitative estimate of drug-likeness (QED) is 0.437. The van der Waals surface area contributed by atoms with Crippen LogP contribution in [0.25, 0.3) is 0 Å². The molecule has 0 aliphatic heterocycles. The number of esters is 1. The maximum Gasteiger partial charge on any atom is 0.333 e. The number of anilines is 1. The maximum absolute atomic E-state index is 13.8. The Morgan fingerprint density at radius 3 is 2.44 bits per heavy atom. The molecule has 0 aromatic heterocycles. The van der Waals surface area contributed by atoms with Gasteiger partial charge in [0.15, 0.2) is 17.3 Å². The topological polar surface area (TPSA) is 90.9 Å². The van der Waals surface area contributed by atoms with E-state index in [0.717, 1.165) is 30.7 Å². The molecule has 2 rings (SSSR count). The molecule has 0 unspecified atom stereocenters. The number of nitrogens with one attached hydrogen (secondary N) is 1. The second-order valence-corrected chi connectivity index (χ2v) is 6.90. The normalized spacial score (nSPS) is 11.3. The number of hydrogen-bond acceptors (Lipinski definition) is 6. The van der Waals surface area contributed by atoms with Gasteiger partial charge in [-0.15, -0.1) is 0 Å². The van der Waals surface area contributed by atoms with Crippen LogP contribution in [0.1, 0.15) is 0 Å². The Morgan fingerprint density at radius 1 is 1.11 bits per heavy atom. The molecule has 2 aromatic rings. The third-order valence-electron chi connectivity index (χ3n) is 2.97. The van der Waals surface area contributed by atoms with Gasteiger partial charge in [-0.1, -0.05) is 0 Å². The van der Waals surface area contributed by atoms with Gasteiger partial charge < -0.3 is 14.2 Å². The van der Waals surface area contributed by atoms with Crippen LogP contribution in [0.4, 0.5) is 14.5 Å². The van der Waals surface area contributed by atoms with Crippen LogP contribution < -0.4 is 14.2 Å². The van der Waals surface area contributed by atoms with Crippen LogP contribution in [0.3, 0.4) is 0 Å². The van der Waals surface area contributed by atoms with Gasteiger partial charge in [-0.25, -0.2) is 22.0 Å². The van der Waals surface area contributed by atoms with Crippen molar-refractivity contribution >= 4 is 21.7 Å². The van der Waals surface area contributed by atoms with Crippen molar-refractivity contribution in [3.63, 3.8) is 0 Å². The molecule has 0 heterocycles. The Hall–Kier alpha value is -3.14. The second kappa shape index (κ2) is 8.49. The van der Waals surface area contributed by atoms with Crippen LogP contribution in [0.5, 0.6) is 17.2 Å². The number of rotatable bonds is 7. The highest BCUT2D eigenvalue weighted by Crippen LogP contribution is 2.34. The average molecular weight is 399 g/mol. The predicted molar refractivity (Wildman–Crippen MR) is 93.1 cm³/mol. The number of sulfonamides is 1. The molecule has 144 valence electrons. The highest BCUT2D eigenvalue weighted by atomic mass is 32.2. The van der Waals surface area contributed by atoms with E-state index < -0.39 is 27.6 Å². The van der Waals surface area contributed by atoms with Crippen molar-refractivity contribution in [1.82, 2.24) is 0 Å². The molecule has 2 aromatic carbocycles. The Morgan fingerprint density at radius 2 is 1.81 bits per heavy atom. The summed E-state index contributed by atoms with van der Waals surface area (Å²) in [7, 11) is -2.50. The minimum Gasteiger partial charge on any atom is -0.466 e. The highest BCUT2D eigenvalue weighted by molar-refractivity contribution is 7.92. The van der Waals surface area contributed by atoms with Crippen molar-refractivity contribution in [1.29, 1.82) is 0 Å². The Labute approximate surface area is 154 Å². The first kappa shape index (κ1) is 20.2. The fourth-order valence-electron chi connectivity index (χ4n) is 1.86. The lowest BCUT2D eigenvalue weighted by atomic mass is 10.2. The molecule has 10 heteroatoms. The maximum atomic E-state index is 13.8. The molecule has 0 amide bonds. The van der Waals surface area contributed by atoms with Gasteiger partial charge in [-0.3, -0.25) is 4.72 Å². The summed E-state index contributed by atoms with van der Waals surface area (Å²) < 4.78 is 67.0. The van der Waals surface area contributed by atoms with E-state index in [1.54, 1.807) is 0 Å². The molecule has 7 nitrogen and oxygen atoms in total. The van der Waals surface area contributed by atoms with Crippen molar-refractivity contribution in [3.05, 3.63) is 60.4 Å². The second-order valence-electron chi connectivity index (χ2n) is 5.15. The molecule has 27 heavy (non-hydrogen) atoms. The van der Waals surface area contributed by atoms with Gasteiger partial charge in [0.05, 0.1) is 31.4 Å². The Balaban J connectivity index is 2.32. The summed E-state index contributed by atoms with van der Waals surface area (Å²) >= 11 is 0. The SMILES string of the molecule is COC(=O)C=COc1ccc(Oc2ccc(F)cc2F)c(NS(C)(=O)=O)c1. The Kier molecular flexibility index (Phi) is 6.35. The molecule has 0 atom stereocenters. The van der Waals surface area contributed by atoms with Gasteiger partial charge in [-0.2, -0.15) is 0 Å². The van der Waals surface area contributed by atoms with E-state index in [1.807, 2.05) is 0 Å². The number of hydrogen-bond donors (Lipinski definition) is 1. The minimum absolute atomic E-state index is 0.0461. The summed E-state index contributed by atoms with van der Waals surface area (Å²) in [6, 6.07) is 6.67. The van der Waals surface area contributed by atoms with Gasteiger partial charge in [0.2, 0.25) is 10.0 Å². The van der Waals surface area contributed by atoms with E-state index in [0.29, 0.717) is 6.07 Å². The summed E-state index contributed by atoms with van der Waals surface area (Å²) in [6.45, 7) is 0. The average Bonchev–Trinajstić information content (AvgIpc) is 2.57. The molecule has 0 saturated carbocycles. The molecular formula is C17H15F2NO6S. The van der Waals surface area contributed by atoms with E-state index in [4.69, 9.17) is 9.47 Å². The zero-order valence-corrected chi connectivity index (χ0v) is 15.0. The predicted octanol–water partition coefficient (Wildman–Crippen LogP) is 3.19. The summed E-state index contributed by atoms with van der Waals surface area (Å²) in [5.41, 5.74) is -0.0507. The van der Waals surface area contributed by atoms with Crippen LogP contribution >= 0.6 is 0 Å². The molecule has 0 fully saturated rings. The van der Waals surface area contributed by atoms with Crippen molar-refractivity contribution < 1.29 is 36.2 Å². The molecule has 0 aliphatic rings. The first-order valence-corrected chi connectivity index (χ1v) is 9.23. The van der Waals surface area contributed by atoms with E-state index in [2.05, 4.69) is 9.46 Å². The fourth-order valence-corrected chi connectivity index (χ4v) is 2.42. The number of halogens is 2. The third-order valence-corrected chi connectivity index (χ3v) is 3.56. The zero-order valence-electron chi connectivity index (χ0n) is 14.2. The zero-order chi connectivity index (χ0) is 20.0. The van der Waals surface area contributed by atoms with Gasteiger partial charge in [0.25, 0.3) is 0 Å². The summed E-state index contributed by atoms with van der Waals surface area (Å²) in [6.07, 6.45) is 2.98. The van der Waals surface area contributed by atoms with E-state index in [-0.39, 0.29) is 22.9 Å². The molecule has 0 saturated heterocycles. The van der Waals surface area contributed by atoms with Crippen molar-refractivity contribution in [3.8, 4) is 17.2 Å². The van der Waals surface area contributed by atoms with E-state index in [1.165, 1.54) is 25.3 Å². The minimum atomic E-state index is -3.69. The van der Waals surface area contributed by atoms with Crippen LogP contribution in [0, 0.1) is 11.6 Å². The standard InChI is InChI=1S/C17H15F2NO6S/c1-24-17(21)7-8-25-12-4-6-16(14(10-12)20-27(2,22)23)26-15-5-3-11(18)9-13(15)19/h3-10,20H,1-2H3. The fraction of sp³-hybridized carbons (Fsp3) is 0.118. The van der Waals surface area contributed by atoms with Crippen LogP contribution in [0.2, 0.25) is 0 Å². The molecule has 0 spiro atoms. The number of benzene rings is 2. The van der Waals surface area contributed by atoms with Gasteiger partial charge in [0.1, 0.15) is 11.6 Å².